The fourth-order valence-electron chi connectivity index (χ4n) is 2.96. The number of nitrogens with one attached hydrogen (secondary N) is 1. The molecule has 156 valence electrons. The Morgan fingerprint density at radius 3 is 2.50 bits per heavy atom. The van der Waals surface area contributed by atoms with Gasteiger partial charge in [0.2, 0.25) is 5.91 Å². The average molecular weight is 434 g/mol. The van der Waals surface area contributed by atoms with Crippen molar-refractivity contribution in [2.45, 2.75) is 25.4 Å². The van der Waals surface area contributed by atoms with Crippen molar-refractivity contribution in [3.8, 4) is 0 Å². The number of hydrogen-bond acceptors (Lipinski definition) is 3. The molecular weight excluding hydrogens is 415 g/mol. The summed E-state index contributed by atoms with van der Waals surface area (Å²) >= 11 is 5.60. The van der Waals surface area contributed by atoms with E-state index in [1.807, 2.05) is 30.3 Å². The first-order chi connectivity index (χ1) is 14.4. The van der Waals surface area contributed by atoms with Crippen molar-refractivity contribution in [1.29, 1.82) is 0 Å². The summed E-state index contributed by atoms with van der Waals surface area (Å²) in [7, 11) is 0. The lowest BCUT2D eigenvalue weighted by Gasteiger charge is -2.12. The summed E-state index contributed by atoms with van der Waals surface area (Å²) in [5, 5.41) is 5.12. The number of hydrogen-bond donors (Lipinski definition) is 1. The summed E-state index contributed by atoms with van der Waals surface area (Å²) in [4.78, 5) is 16.3. The molecular formula is C22H19ClF3N3O. The van der Waals surface area contributed by atoms with E-state index >= 15 is 0 Å². The quantitative estimate of drug-likeness (QED) is 0.311. The number of amides is 1. The van der Waals surface area contributed by atoms with Crippen LogP contribution in [-0.4, -0.2) is 22.5 Å². The number of hydrazone groups is 1. The zero-order chi connectivity index (χ0) is 21.6. The molecule has 0 saturated heterocycles. The molecule has 1 aromatic heterocycles. The molecule has 0 unspecified atom stereocenters. The normalized spacial score (nSPS) is 12.2. The van der Waals surface area contributed by atoms with Gasteiger partial charge in [-0.2, -0.15) is 18.3 Å². The van der Waals surface area contributed by atoms with Crippen LogP contribution in [0.1, 0.15) is 29.5 Å². The molecule has 1 amide bonds. The van der Waals surface area contributed by atoms with Crippen molar-refractivity contribution in [2.24, 2.45) is 5.10 Å². The van der Waals surface area contributed by atoms with Crippen molar-refractivity contribution in [3.63, 3.8) is 0 Å². The maximum atomic E-state index is 12.9. The van der Waals surface area contributed by atoms with E-state index in [2.05, 4.69) is 15.5 Å². The van der Waals surface area contributed by atoms with Gasteiger partial charge in [-0.05, 0) is 41.8 Å². The van der Waals surface area contributed by atoms with Crippen molar-refractivity contribution < 1.29 is 18.0 Å². The molecule has 3 aromatic rings. The fraction of sp³-hybridized carbons (Fsp3) is 0.227. The Hall–Kier alpha value is -2.93. The standard InChI is InChI=1S/C22H19ClF3N3O/c23-12-3-6-21(30)29-28-20(15-7-9-17(10-8-15)22(24,25)26)14-16-11-13-27-19-5-2-1-4-18(16)19/h1-2,4-5,7-11,13H,3,6,12,14H2,(H,29,30). The van der Waals surface area contributed by atoms with E-state index in [9.17, 15) is 18.0 Å². The number of rotatable bonds is 7. The van der Waals surface area contributed by atoms with Crippen LogP contribution in [0.4, 0.5) is 13.2 Å². The first-order valence-electron chi connectivity index (χ1n) is 9.30. The minimum Gasteiger partial charge on any atom is -0.273 e. The van der Waals surface area contributed by atoms with E-state index in [1.165, 1.54) is 12.1 Å². The Morgan fingerprint density at radius 2 is 1.80 bits per heavy atom. The summed E-state index contributed by atoms with van der Waals surface area (Å²) < 4.78 is 38.7. The molecule has 0 spiro atoms. The zero-order valence-corrected chi connectivity index (χ0v) is 16.7. The third-order valence-electron chi connectivity index (χ3n) is 4.50. The Bertz CT molecular complexity index is 1040. The van der Waals surface area contributed by atoms with Crippen molar-refractivity contribution >= 4 is 34.1 Å². The smallest absolute Gasteiger partial charge is 0.273 e. The summed E-state index contributed by atoms with van der Waals surface area (Å²) in [6.45, 7) is 0. The molecule has 4 nitrogen and oxygen atoms in total. The second-order valence-electron chi connectivity index (χ2n) is 6.63. The Kier molecular flexibility index (Phi) is 7.05. The van der Waals surface area contributed by atoms with Crippen molar-refractivity contribution in [3.05, 3.63) is 77.5 Å². The van der Waals surface area contributed by atoms with Gasteiger partial charge in [-0.1, -0.05) is 30.3 Å². The predicted octanol–water partition coefficient (Wildman–Crippen LogP) is 5.34. The van der Waals surface area contributed by atoms with Crippen molar-refractivity contribution in [1.82, 2.24) is 10.4 Å². The van der Waals surface area contributed by atoms with Gasteiger partial charge in [-0.25, -0.2) is 5.43 Å². The largest absolute Gasteiger partial charge is 0.416 e. The van der Waals surface area contributed by atoms with Crippen LogP contribution in [0, 0.1) is 0 Å². The number of pyridine rings is 1. The van der Waals surface area contributed by atoms with Crippen LogP contribution in [0.25, 0.3) is 10.9 Å². The number of halogens is 4. The van der Waals surface area contributed by atoms with Gasteiger partial charge in [0.1, 0.15) is 0 Å². The van der Waals surface area contributed by atoms with Crippen LogP contribution in [-0.2, 0) is 17.4 Å². The molecule has 0 aliphatic rings. The van der Waals surface area contributed by atoms with E-state index in [0.29, 0.717) is 30.0 Å². The summed E-state index contributed by atoms with van der Waals surface area (Å²) in [6.07, 6.45) is -1.73. The van der Waals surface area contributed by atoms with Gasteiger partial charge < -0.3 is 0 Å². The van der Waals surface area contributed by atoms with Gasteiger partial charge in [-0.15, -0.1) is 11.6 Å². The van der Waals surface area contributed by atoms with E-state index in [1.54, 1.807) is 6.20 Å². The number of alkyl halides is 4. The van der Waals surface area contributed by atoms with Gasteiger partial charge in [0.25, 0.3) is 0 Å². The summed E-state index contributed by atoms with van der Waals surface area (Å²) in [6, 6.07) is 14.1. The first kappa shape index (κ1) is 21.8. The second kappa shape index (κ2) is 9.71. The number of benzene rings is 2. The molecule has 0 atom stereocenters. The van der Waals surface area contributed by atoms with Crippen LogP contribution in [0.3, 0.4) is 0 Å². The molecule has 8 heteroatoms. The number of carbonyl (C=O) groups excluding carboxylic acids is 1. The molecule has 0 aliphatic heterocycles. The van der Waals surface area contributed by atoms with Gasteiger partial charge in [0, 0.05) is 30.3 Å². The third-order valence-corrected chi connectivity index (χ3v) is 4.76. The molecule has 30 heavy (non-hydrogen) atoms. The minimum atomic E-state index is -4.42. The van der Waals surface area contributed by atoms with E-state index in [4.69, 9.17) is 11.6 Å². The van der Waals surface area contributed by atoms with E-state index in [0.717, 1.165) is 28.6 Å². The lowest BCUT2D eigenvalue weighted by Crippen LogP contribution is -2.21. The average Bonchev–Trinajstić information content (AvgIpc) is 2.74. The molecule has 0 bridgehead atoms. The topological polar surface area (TPSA) is 54.4 Å². The molecule has 0 fully saturated rings. The van der Waals surface area contributed by atoms with E-state index < -0.39 is 11.7 Å². The predicted molar refractivity (Wildman–Crippen MR) is 112 cm³/mol. The maximum absolute atomic E-state index is 12.9. The highest BCUT2D eigenvalue weighted by Gasteiger charge is 2.30. The Balaban J connectivity index is 1.94. The van der Waals surface area contributed by atoms with Gasteiger partial charge in [0.05, 0.1) is 16.8 Å². The number of fused-ring (bicyclic) bond motifs is 1. The monoisotopic (exact) mass is 433 g/mol. The first-order valence-corrected chi connectivity index (χ1v) is 9.83. The molecule has 1 N–H and O–H groups in total. The number of carbonyl (C=O) groups is 1. The van der Waals surface area contributed by atoms with Crippen LogP contribution in [0.2, 0.25) is 0 Å². The number of nitrogens with zero attached hydrogens (tertiary/aromatic N) is 2. The lowest BCUT2D eigenvalue weighted by molar-refractivity contribution is -0.137. The van der Waals surface area contributed by atoms with Gasteiger partial charge in [-0.3, -0.25) is 9.78 Å². The van der Waals surface area contributed by atoms with Crippen molar-refractivity contribution in [2.75, 3.05) is 5.88 Å². The molecule has 0 saturated carbocycles. The molecule has 3 rings (SSSR count). The van der Waals surface area contributed by atoms with Gasteiger partial charge >= 0.3 is 6.18 Å². The highest BCUT2D eigenvalue weighted by Crippen LogP contribution is 2.29. The zero-order valence-electron chi connectivity index (χ0n) is 15.9. The second-order valence-corrected chi connectivity index (χ2v) is 7.00. The van der Waals surface area contributed by atoms with E-state index in [-0.39, 0.29) is 12.3 Å². The number of aromatic nitrogens is 1. The lowest BCUT2D eigenvalue weighted by atomic mass is 9.98. The van der Waals surface area contributed by atoms with Crippen LogP contribution in [0.15, 0.2) is 65.9 Å². The molecule has 0 aliphatic carbocycles. The molecule has 1 heterocycles. The SMILES string of the molecule is O=C(CCCCl)NN=C(Cc1ccnc2ccccc12)c1ccc(C(F)(F)F)cc1. The Labute approximate surface area is 176 Å². The third kappa shape index (κ3) is 5.57. The Morgan fingerprint density at radius 1 is 1.07 bits per heavy atom. The summed E-state index contributed by atoms with van der Waals surface area (Å²) in [5.74, 6) is 0.0472. The number of para-hydroxylation sites is 1. The molecule has 0 radical (unpaired) electrons. The fourth-order valence-corrected chi connectivity index (χ4v) is 3.09. The van der Waals surface area contributed by atoms with Crippen LogP contribution < -0.4 is 5.43 Å². The van der Waals surface area contributed by atoms with Gasteiger partial charge in [0.15, 0.2) is 0 Å². The summed E-state index contributed by atoms with van der Waals surface area (Å²) in [5.41, 5.74) is 4.37. The molecule has 2 aromatic carbocycles. The highest BCUT2D eigenvalue weighted by molar-refractivity contribution is 6.17. The highest BCUT2D eigenvalue weighted by atomic mass is 35.5. The minimum absolute atomic E-state index is 0.214. The maximum Gasteiger partial charge on any atom is 0.416 e. The van der Waals surface area contributed by atoms with Crippen LogP contribution in [0.5, 0.6) is 0 Å². The van der Waals surface area contributed by atoms with Crippen LogP contribution >= 0.6 is 11.6 Å².